The lowest BCUT2D eigenvalue weighted by Crippen LogP contribution is -2.10. The number of rotatable bonds is 1. The second-order valence-corrected chi connectivity index (χ2v) is 1.59. The predicted molar refractivity (Wildman–Crippen MR) is 31.2 cm³/mol. The summed E-state index contributed by atoms with van der Waals surface area (Å²) >= 11 is 0. The molecule has 0 aliphatic carbocycles. The number of nitrogens with zero attached hydrogens (tertiary/aromatic N) is 2. The molecule has 0 bridgehead atoms. The van der Waals surface area contributed by atoms with Crippen molar-refractivity contribution in [2.24, 2.45) is 5.73 Å². The van der Waals surface area contributed by atoms with Crippen molar-refractivity contribution in [2.75, 3.05) is 0 Å². The Morgan fingerprint density at radius 2 is 2.44 bits per heavy atom. The molecule has 4 nitrogen and oxygen atoms in total. The van der Waals surface area contributed by atoms with E-state index < -0.39 is 6.23 Å². The van der Waals surface area contributed by atoms with Gasteiger partial charge in [0, 0.05) is 6.20 Å². The van der Waals surface area contributed by atoms with E-state index in [1.165, 1.54) is 6.20 Å². The Hall–Kier alpha value is -1.00. The summed E-state index contributed by atoms with van der Waals surface area (Å²) in [6.45, 7) is 0. The molecule has 1 aromatic rings. The number of nitrogens with two attached hydrogens (primary N) is 1. The first-order valence-corrected chi connectivity index (χ1v) is 2.52. The molecule has 0 aliphatic heterocycles. The number of aliphatic hydroxyl groups excluding tert-OH is 1. The van der Waals surface area contributed by atoms with Crippen LogP contribution in [0.3, 0.4) is 0 Å². The normalized spacial score (nSPS) is 13.1. The molecule has 0 amide bonds. The lowest BCUT2D eigenvalue weighted by Gasteiger charge is -1.98. The van der Waals surface area contributed by atoms with Crippen LogP contribution in [0.2, 0.25) is 0 Å². The van der Waals surface area contributed by atoms with Crippen molar-refractivity contribution >= 4 is 0 Å². The quantitative estimate of drug-likeness (QED) is 0.493. The summed E-state index contributed by atoms with van der Waals surface area (Å²) in [7, 11) is 0. The fourth-order valence-corrected chi connectivity index (χ4v) is 0.471. The first kappa shape index (κ1) is 6.12. The molecule has 9 heavy (non-hydrogen) atoms. The molecule has 1 heterocycles. The van der Waals surface area contributed by atoms with Crippen molar-refractivity contribution in [2.45, 2.75) is 6.23 Å². The monoisotopic (exact) mass is 125 g/mol. The van der Waals surface area contributed by atoms with Gasteiger partial charge < -0.3 is 10.8 Å². The van der Waals surface area contributed by atoms with Crippen molar-refractivity contribution in [3.63, 3.8) is 0 Å². The lowest BCUT2D eigenvalue weighted by atomic mass is 10.4. The van der Waals surface area contributed by atoms with Gasteiger partial charge in [0.05, 0.1) is 0 Å². The van der Waals surface area contributed by atoms with Gasteiger partial charge in [0.1, 0.15) is 11.9 Å². The zero-order valence-corrected chi connectivity index (χ0v) is 4.73. The van der Waals surface area contributed by atoms with E-state index in [9.17, 15) is 0 Å². The maximum Gasteiger partial charge on any atom is 0.147 e. The molecule has 0 radical (unpaired) electrons. The third kappa shape index (κ3) is 1.45. The molecule has 1 aromatic heterocycles. The Bertz CT molecular complexity index is 175. The Kier molecular flexibility index (Phi) is 1.72. The van der Waals surface area contributed by atoms with E-state index >= 15 is 0 Å². The molecule has 3 N–H and O–H groups in total. The third-order valence-electron chi connectivity index (χ3n) is 0.896. The topological polar surface area (TPSA) is 72.0 Å². The first-order chi connectivity index (χ1) is 4.30. The van der Waals surface area contributed by atoms with Crippen LogP contribution >= 0.6 is 0 Å². The minimum absolute atomic E-state index is 0.387. The van der Waals surface area contributed by atoms with Crippen LogP contribution in [0.1, 0.15) is 11.9 Å². The molecule has 0 fully saturated rings. The Labute approximate surface area is 52.3 Å². The van der Waals surface area contributed by atoms with Crippen LogP contribution in [0.4, 0.5) is 0 Å². The van der Waals surface area contributed by atoms with Gasteiger partial charge in [-0.25, -0.2) is 0 Å². The van der Waals surface area contributed by atoms with Gasteiger partial charge in [0.15, 0.2) is 0 Å². The summed E-state index contributed by atoms with van der Waals surface area (Å²) in [5.74, 6) is 0. The molecule has 0 saturated carbocycles. The molecule has 1 atom stereocenters. The van der Waals surface area contributed by atoms with Gasteiger partial charge in [-0.3, -0.25) is 0 Å². The zero-order valence-electron chi connectivity index (χ0n) is 4.73. The maximum atomic E-state index is 8.70. The van der Waals surface area contributed by atoms with Crippen LogP contribution in [-0.2, 0) is 0 Å². The molecule has 0 aromatic carbocycles. The van der Waals surface area contributed by atoms with E-state index in [-0.39, 0.29) is 0 Å². The molecule has 0 spiro atoms. The van der Waals surface area contributed by atoms with Gasteiger partial charge in [0.25, 0.3) is 0 Å². The highest BCUT2D eigenvalue weighted by Gasteiger charge is 1.98. The largest absolute Gasteiger partial charge is 0.373 e. The minimum atomic E-state index is -1.02. The number of aromatic nitrogens is 2. The van der Waals surface area contributed by atoms with E-state index in [1.54, 1.807) is 12.1 Å². The third-order valence-corrected chi connectivity index (χ3v) is 0.896. The van der Waals surface area contributed by atoms with Crippen LogP contribution in [0.5, 0.6) is 0 Å². The summed E-state index contributed by atoms with van der Waals surface area (Å²) in [6, 6.07) is 3.27. The second-order valence-electron chi connectivity index (χ2n) is 1.59. The molecular weight excluding hydrogens is 118 g/mol. The van der Waals surface area contributed by atoms with Crippen LogP contribution < -0.4 is 5.73 Å². The smallest absolute Gasteiger partial charge is 0.147 e. The fourth-order valence-electron chi connectivity index (χ4n) is 0.471. The van der Waals surface area contributed by atoms with E-state index in [0.29, 0.717) is 5.69 Å². The van der Waals surface area contributed by atoms with Gasteiger partial charge in [-0.1, -0.05) is 0 Å². The van der Waals surface area contributed by atoms with Crippen molar-refractivity contribution in [1.29, 1.82) is 0 Å². The zero-order chi connectivity index (χ0) is 6.69. The number of aliphatic hydroxyl groups is 1. The molecule has 1 rings (SSSR count). The summed E-state index contributed by atoms with van der Waals surface area (Å²) in [5, 5.41) is 15.8. The Morgan fingerprint density at radius 3 is 2.78 bits per heavy atom. The Morgan fingerprint density at radius 1 is 1.67 bits per heavy atom. The van der Waals surface area contributed by atoms with Crippen molar-refractivity contribution in [3.8, 4) is 0 Å². The van der Waals surface area contributed by atoms with Gasteiger partial charge >= 0.3 is 0 Å². The summed E-state index contributed by atoms with van der Waals surface area (Å²) < 4.78 is 0. The molecule has 4 heteroatoms. The average Bonchev–Trinajstić information content (AvgIpc) is 1.90. The number of hydrogen-bond acceptors (Lipinski definition) is 4. The highest BCUT2D eigenvalue weighted by Crippen LogP contribution is 1.97. The van der Waals surface area contributed by atoms with E-state index in [0.717, 1.165) is 0 Å². The standard InChI is InChI=1S/C5H7N3O/c6-5(9)4-2-1-3-7-8-4/h1-3,5,9H,6H2. The molecule has 48 valence electrons. The average molecular weight is 125 g/mol. The minimum Gasteiger partial charge on any atom is -0.373 e. The summed E-state index contributed by atoms with van der Waals surface area (Å²) in [6.07, 6.45) is 0.505. The van der Waals surface area contributed by atoms with E-state index in [4.69, 9.17) is 10.8 Å². The van der Waals surface area contributed by atoms with Crippen LogP contribution in [-0.4, -0.2) is 15.3 Å². The van der Waals surface area contributed by atoms with Crippen LogP contribution in [0.25, 0.3) is 0 Å². The molecular formula is C5H7N3O. The Balaban J connectivity index is 2.85. The molecule has 1 unspecified atom stereocenters. The molecule has 0 saturated heterocycles. The van der Waals surface area contributed by atoms with Crippen molar-refractivity contribution < 1.29 is 5.11 Å². The fraction of sp³-hybridized carbons (Fsp3) is 0.200. The SMILES string of the molecule is NC(O)c1cccnn1. The lowest BCUT2D eigenvalue weighted by molar-refractivity contribution is 0.180. The van der Waals surface area contributed by atoms with Crippen molar-refractivity contribution in [1.82, 2.24) is 10.2 Å². The summed E-state index contributed by atoms with van der Waals surface area (Å²) in [4.78, 5) is 0. The maximum absolute atomic E-state index is 8.70. The highest BCUT2D eigenvalue weighted by atomic mass is 16.3. The molecule has 0 aliphatic rings. The van der Waals surface area contributed by atoms with Gasteiger partial charge in [0.2, 0.25) is 0 Å². The second kappa shape index (κ2) is 2.52. The van der Waals surface area contributed by atoms with Gasteiger partial charge in [-0.2, -0.15) is 10.2 Å². The van der Waals surface area contributed by atoms with Crippen molar-refractivity contribution in [3.05, 3.63) is 24.0 Å². The highest BCUT2D eigenvalue weighted by molar-refractivity contribution is 5.00. The van der Waals surface area contributed by atoms with E-state index in [2.05, 4.69) is 10.2 Å². The van der Waals surface area contributed by atoms with E-state index in [1.807, 2.05) is 0 Å². The van der Waals surface area contributed by atoms with Gasteiger partial charge in [-0.05, 0) is 12.1 Å². The van der Waals surface area contributed by atoms with Crippen LogP contribution in [0, 0.1) is 0 Å². The van der Waals surface area contributed by atoms with Crippen LogP contribution in [0.15, 0.2) is 18.3 Å². The summed E-state index contributed by atoms with van der Waals surface area (Å²) in [5.41, 5.74) is 5.45. The predicted octanol–water partition coefficient (Wildman–Crippen LogP) is -0.574. The first-order valence-electron chi connectivity index (χ1n) is 2.52. The number of hydrogen-bond donors (Lipinski definition) is 2. The van der Waals surface area contributed by atoms with Gasteiger partial charge in [-0.15, -0.1) is 0 Å².